The molecule has 4 N–H and O–H groups in total. The average Bonchev–Trinajstić information content (AvgIpc) is 2.70. The summed E-state index contributed by atoms with van der Waals surface area (Å²) in [5.74, 6) is -1.49. The van der Waals surface area contributed by atoms with Gasteiger partial charge in [0, 0.05) is 19.8 Å². The average molecular weight is 268 g/mol. The van der Waals surface area contributed by atoms with Crippen LogP contribution in [0.1, 0.15) is 16.2 Å². The summed E-state index contributed by atoms with van der Waals surface area (Å²) in [4.78, 5) is 37.6. The Labute approximate surface area is 109 Å². The quantitative estimate of drug-likeness (QED) is 0.625. The van der Waals surface area contributed by atoms with Crippen molar-refractivity contribution in [3.05, 3.63) is 17.5 Å². The van der Waals surface area contributed by atoms with Crippen LogP contribution in [0.2, 0.25) is 0 Å². The highest BCUT2D eigenvalue weighted by molar-refractivity contribution is 5.99. The SMILES string of the molecule is CNC(=O)CN(C)C(=O)Nc1cc(C)[nH]c1C(=O)O. The Morgan fingerprint density at radius 1 is 1.42 bits per heavy atom. The Bertz CT molecular complexity index is 509. The number of carboxylic acids is 1. The van der Waals surface area contributed by atoms with Gasteiger partial charge in [-0.05, 0) is 13.0 Å². The molecule has 104 valence electrons. The summed E-state index contributed by atoms with van der Waals surface area (Å²) in [6.07, 6.45) is 0. The van der Waals surface area contributed by atoms with Gasteiger partial charge in [0.15, 0.2) is 0 Å². The summed E-state index contributed by atoms with van der Waals surface area (Å²) in [5, 5.41) is 13.8. The second-order valence-electron chi connectivity index (χ2n) is 4.01. The largest absolute Gasteiger partial charge is 0.477 e. The van der Waals surface area contributed by atoms with Crippen LogP contribution in [0, 0.1) is 6.92 Å². The van der Waals surface area contributed by atoms with Crippen LogP contribution in [0.5, 0.6) is 0 Å². The molecule has 1 aromatic rings. The number of nitrogens with zero attached hydrogens (tertiary/aromatic N) is 1. The maximum absolute atomic E-state index is 11.8. The molecule has 1 heterocycles. The second-order valence-corrected chi connectivity index (χ2v) is 4.01. The molecule has 3 amide bonds. The molecule has 19 heavy (non-hydrogen) atoms. The monoisotopic (exact) mass is 268 g/mol. The number of aromatic amines is 1. The van der Waals surface area contributed by atoms with Crippen molar-refractivity contribution >= 4 is 23.6 Å². The number of hydrogen-bond donors (Lipinski definition) is 4. The molecule has 0 saturated heterocycles. The third-order valence-electron chi connectivity index (χ3n) is 2.41. The van der Waals surface area contributed by atoms with E-state index in [1.165, 1.54) is 20.2 Å². The number of carbonyl (C=O) groups is 3. The Hall–Kier alpha value is -2.51. The summed E-state index contributed by atoms with van der Waals surface area (Å²) < 4.78 is 0. The van der Waals surface area contributed by atoms with Gasteiger partial charge in [-0.2, -0.15) is 0 Å². The zero-order chi connectivity index (χ0) is 14.6. The Morgan fingerprint density at radius 3 is 2.58 bits per heavy atom. The number of aryl methyl sites for hydroxylation is 1. The van der Waals surface area contributed by atoms with Gasteiger partial charge in [-0.3, -0.25) is 4.79 Å². The van der Waals surface area contributed by atoms with Crippen LogP contribution in [-0.4, -0.2) is 53.5 Å². The first-order valence-corrected chi connectivity index (χ1v) is 5.50. The van der Waals surface area contributed by atoms with Crippen molar-refractivity contribution in [2.75, 3.05) is 26.0 Å². The number of anilines is 1. The lowest BCUT2D eigenvalue weighted by atomic mass is 10.3. The molecule has 0 atom stereocenters. The molecule has 0 fully saturated rings. The van der Waals surface area contributed by atoms with E-state index in [-0.39, 0.29) is 23.8 Å². The van der Waals surface area contributed by atoms with E-state index < -0.39 is 12.0 Å². The third kappa shape index (κ3) is 3.73. The van der Waals surface area contributed by atoms with E-state index in [2.05, 4.69) is 15.6 Å². The lowest BCUT2D eigenvalue weighted by Crippen LogP contribution is -2.39. The van der Waals surface area contributed by atoms with Crippen LogP contribution in [0.4, 0.5) is 10.5 Å². The van der Waals surface area contributed by atoms with Crippen LogP contribution in [0.15, 0.2) is 6.07 Å². The van der Waals surface area contributed by atoms with Crippen molar-refractivity contribution in [2.24, 2.45) is 0 Å². The van der Waals surface area contributed by atoms with E-state index in [0.717, 1.165) is 4.90 Å². The molecule has 0 saturated carbocycles. The number of H-pyrrole nitrogens is 1. The first-order chi connectivity index (χ1) is 8.85. The highest BCUT2D eigenvalue weighted by Gasteiger charge is 2.18. The van der Waals surface area contributed by atoms with Crippen molar-refractivity contribution in [3.63, 3.8) is 0 Å². The van der Waals surface area contributed by atoms with Crippen LogP contribution in [0.3, 0.4) is 0 Å². The van der Waals surface area contributed by atoms with Gasteiger partial charge in [0.1, 0.15) is 12.2 Å². The summed E-state index contributed by atoms with van der Waals surface area (Å²) >= 11 is 0. The number of nitrogens with one attached hydrogen (secondary N) is 3. The smallest absolute Gasteiger partial charge is 0.354 e. The van der Waals surface area contributed by atoms with E-state index in [1.807, 2.05) is 0 Å². The minimum absolute atomic E-state index is 0.0980. The number of rotatable bonds is 4. The van der Waals surface area contributed by atoms with Gasteiger partial charge in [-0.15, -0.1) is 0 Å². The van der Waals surface area contributed by atoms with Gasteiger partial charge in [0.25, 0.3) is 0 Å². The number of carbonyl (C=O) groups excluding carboxylic acids is 2. The highest BCUT2D eigenvalue weighted by Crippen LogP contribution is 2.17. The third-order valence-corrected chi connectivity index (χ3v) is 2.41. The summed E-state index contributed by atoms with van der Waals surface area (Å²) in [6, 6.07) is 0.944. The minimum atomic E-state index is -1.17. The van der Waals surface area contributed by atoms with Gasteiger partial charge >= 0.3 is 12.0 Å². The number of aromatic carboxylic acids is 1. The molecule has 8 heteroatoms. The molecule has 0 unspecified atom stereocenters. The minimum Gasteiger partial charge on any atom is -0.477 e. The van der Waals surface area contributed by atoms with E-state index in [1.54, 1.807) is 6.92 Å². The van der Waals surface area contributed by atoms with Gasteiger partial charge in [0.05, 0.1) is 5.69 Å². The number of hydrogen-bond acceptors (Lipinski definition) is 3. The number of amides is 3. The highest BCUT2D eigenvalue weighted by atomic mass is 16.4. The fourth-order valence-corrected chi connectivity index (χ4v) is 1.43. The zero-order valence-electron chi connectivity index (χ0n) is 10.9. The predicted molar refractivity (Wildman–Crippen MR) is 68.2 cm³/mol. The van der Waals surface area contributed by atoms with Crippen LogP contribution in [0.25, 0.3) is 0 Å². The first-order valence-electron chi connectivity index (χ1n) is 5.50. The fraction of sp³-hybridized carbons (Fsp3) is 0.364. The molecule has 0 bridgehead atoms. The van der Waals surface area contributed by atoms with Crippen molar-refractivity contribution < 1.29 is 19.5 Å². The molecule has 0 aromatic carbocycles. The predicted octanol–water partition coefficient (Wildman–Crippen LogP) is 0.231. The summed E-state index contributed by atoms with van der Waals surface area (Å²) in [6.45, 7) is 1.56. The maximum Gasteiger partial charge on any atom is 0.354 e. The summed E-state index contributed by atoms with van der Waals surface area (Å²) in [5.41, 5.74) is 0.680. The molecule has 0 aliphatic heterocycles. The van der Waals surface area contributed by atoms with E-state index in [4.69, 9.17) is 5.11 Å². The molecule has 0 radical (unpaired) electrons. The number of likely N-dealkylation sites (N-methyl/N-ethyl adjacent to an activating group) is 2. The van der Waals surface area contributed by atoms with E-state index in [9.17, 15) is 14.4 Å². The second kappa shape index (κ2) is 5.89. The van der Waals surface area contributed by atoms with Crippen molar-refractivity contribution in [1.29, 1.82) is 0 Å². The zero-order valence-corrected chi connectivity index (χ0v) is 10.9. The molecular weight excluding hydrogens is 252 g/mol. The van der Waals surface area contributed by atoms with E-state index in [0.29, 0.717) is 5.69 Å². The molecule has 0 aliphatic rings. The number of urea groups is 1. The maximum atomic E-state index is 11.8. The van der Waals surface area contributed by atoms with Gasteiger partial charge < -0.3 is 25.6 Å². The van der Waals surface area contributed by atoms with Gasteiger partial charge in [-0.25, -0.2) is 9.59 Å². The first kappa shape index (κ1) is 14.6. The molecule has 0 aliphatic carbocycles. The normalized spacial score (nSPS) is 9.84. The summed E-state index contributed by atoms with van der Waals surface area (Å²) in [7, 11) is 2.90. The molecular formula is C11H16N4O4. The van der Waals surface area contributed by atoms with Crippen LogP contribution >= 0.6 is 0 Å². The fourth-order valence-electron chi connectivity index (χ4n) is 1.43. The van der Waals surface area contributed by atoms with Crippen molar-refractivity contribution in [2.45, 2.75) is 6.92 Å². The van der Waals surface area contributed by atoms with Gasteiger partial charge in [-0.1, -0.05) is 0 Å². The van der Waals surface area contributed by atoms with Crippen LogP contribution in [-0.2, 0) is 4.79 Å². The topological polar surface area (TPSA) is 115 Å². The standard InChI is InChI=1S/C11H16N4O4/c1-6-4-7(9(13-6)10(17)18)14-11(19)15(3)5-8(16)12-2/h4,13H,5H2,1-3H3,(H,12,16)(H,14,19)(H,17,18). The molecule has 1 rings (SSSR count). The lowest BCUT2D eigenvalue weighted by molar-refractivity contribution is -0.120. The number of aromatic nitrogens is 1. The molecule has 8 nitrogen and oxygen atoms in total. The van der Waals surface area contributed by atoms with E-state index >= 15 is 0 Å². The Kier molecular flexibility index (Phi) is 4.51. The van der Waals surface area contributed by atoms with Crippen molar-refractivity contribution in [3.8, 4) is 0 Å². The Morgan fingerprint density at radius 2 is 2.05 bits per heavy atom. The number of carboxylic acid groups (broad SMARTS) is 1. The molecule has 1 aromatic heterocycles. The lowest BCUT2D eigenvalue weighted by Gasteiger charge is -2.16. The van der Waals surface area contributed by atoms with Crippen molar-refractivity contribution in [1.82, 2.24) is 15.2 Å². The van der Waals surface area contributed by atoms with Gasteiger partial charge in [0.2, 0.25) is 5.91 Å². The Balaban J connectivity index is 2.76. The molecule has 0 spiro atoms. The van der Waals surface area contributed by atoms with Crippen LogP contribution < -0.4 is 10.6 Å².